The van der Waals surface area contributed by atoms with Gasteiger partial charge in [-0.3, -0.25) is 4.79 Å². The van der Waals surface area contributed by atoms with Crippen molar-refractivity contribution < 1.29 is 25.2 Å². The fourth-order valence-electron chi connectivity index (χ4n) is 1.98. The van der Waals surface area contributed by atoms with Crippen molar-refractivity contribution in [2.75, 3.05) is 0 Å². The van der Waals surface area contributed by atoms with Crippen molar-refractivity contribution >= 4 is 5.78 Å². The molecule has 5 nitrogen and oxygen atoms in total. The molecule has 0 spiro atoms. The number of ketones is 1. The van der Waals surface area contributed by atoms with Crippen molar-refractivity contribution in [2.24, 2.45) is 0 Å². The van der Waals surface area contributed by atoms with Crippen LogP contribution in [-0.4, -0.2) is 26.2 Å². The molecule has 0 aliphatic heterocycles. The molecule has 2 aromatic rings. The molecule has 5 heteroatoms. The van der Waals surface area contributed by atoms with Crippen molar-refractivity contribution in [1.29, 1.82) is 0 Å². The van der Waals surface area contributed by atoms with E-state index in [1.54, 1.807) is 19.1 Å². The molecule has 0 saturated heterocycles. The van der Waals surface area contributed by atoms with Gasteiger partial charge in [0, 0.05) is 18.1 Å². The number of aromatic hydroxyl groups is 4. The number of hydrogen-bond acceptors (Lipinski definition) is 5. The Morgan fingerprint density at radius 2 is 1.40 bits per heavy atom. The highest BCUT2D eigenvalue weighted by Gasteiger charge is 2.24. The highest BCUT2D eigenvalue weighted by Crippen LogP contribution is 2.35. The van der Waals surface area contributed by atoms with Crippen LogP contribution in [0.15, 0.2) is 36.4 Å². The molecule has 0 fully saturated rings. The number of carbonyl (C=O) groups is 1. The van der Waals surface area contributed by atoms with Gasteiger partial charge in [0.25, 0.3) is 0 Å². The lowest BCUT2D eigenvalue weighted by atomic mass is 9.91. The molecule has 2 aromatic carbocycles. The lowest BCUT2D eigenvalue weighted by molar-refractivity contribution is 0.0960. The van der Waals surface area contributed by atoms with Crippen LogP contribution in [0.3, 0.4) is 0 Å². The van der Waals surface area contributed by atoms with Gasteiger partial charge in [0.1, 0.15) is 28.6 Å². The molecule has 4 N–H and O–H groups in total. The number of phenolic OH excluding ortho intramolecular Hbond substituents is 4. The Morgan fingerprint density at radius 1 is 0.900 bits per heavy atom. The van der Waals surface area contributed by atoms with E-state index in [2.05, 4.69) is 0 Å². The highest BCUT2D eigenvalue weighted by atomic mass is 16.3. The third-order valence-corrected chi connectivity index (χ3v) is 3.11. The summed E-state index contributed by atoms with van der Waals surface area (Å²) in [6.07, 6.45) is 0. The maximum absolute atomic E-state index is 12.3. The quantitative estimate of drug-likeness (QED) is 0.645. The summed E-state index contributed by atoms with van der Waals surface area (Å²) in [6, 6.07) is 8.08. The minimum Gasteiger partial charge on any atom is -0.508 e. The Labute approximate surface area is 115 Å². The minimum absolute atomic E-state index is 0.0868. The van der Waals surface area contributed by atoms with Crippen LogP contribution in [0.25, 0.3) is 0 Å². The normalized spacial score (nSPS) is 12.1. The summed E-state index contributed by atoms with van der Waals surface area (Å²) in [6.45, 7) is 1.63. The van der Waals surface area contributed by atoms with Gasteiger partial charge in [-0.15, -0.1) is 0 Å². The molecule has 0 saturated carbocycles. The van der Waals surface area contributed by atoms with E-state index in [1.165, 1.54) is 12.1 Å². The van der Waals surface area contributed by atoms with Gasteiger partial charge in [-0.25, -0.2) is 0 Å². The second kappa shape index (κ2) is 5.13. The molecule has 0 aromatic heterocycles. The van der Waals surface area contributed by atoms with Crippen LogP contribution in [-0.2, 0) is 0 Å². The van der Waals surface area contributed by atoms with Gasteiger partial charge in [0.15, 0.2) is 5.78 Å². The first-order valence-electron chi connectivity index (χ1n) is 5.98. The Hall–Kier alpha value is -2.69. The Bertz CT molecular complexity index is 623. The molecule has 1 unspecified atom stereocenters. The first-order valence-corrected chi connectivity index (χ1v) is 5.98. The fraction of sp³-hybridized carbons (Fsp3) is 0.133. The Morgan fingerprint density at radius 3 is 1.90 bits per heavy atom. The fourth-order valence-corrected chi connectivity index (χ4v) is 1.98. The number of rotatable bonds is 3. The maximum atomic E-state index is 12.3. The van der Waals surface area contributed by atoms with Gasteiger partial charge >= 0.3 is 0 Å². The van der Waals surface area contributed by atoms with Gasteiger partial charge in [-0.2, -0.15) is 0 Å². The van der Waals surface area contributed by atoms with E-state index in [4.69, 9.17) is 0 Å². The molecule has 0 radical (unpaired) electrons. The van der Waals surface area contributed by atoms with Crippen molar-refractivity contribution in [2.45, 2.75) is 12.8 Å². The molecule has 0 aliphatic carbocycles. The molecule has 0 heterocycles. The van der Waals surface area contributed by atoms with E-state index in [9.17, 15) is 25.2 Å². The van der Waals surface area contributed by atoms with E-state index < -0.39 is 23.2 Å². The van der Waals surface area contributed by atoms with E-state index in [0.29, 0.717) is 5.56 Å². The average Bonchev–Trinajstić information content (AvgIpc) is 2.37. The molecule has 2 rings (SSSR count). The molecule has 20 heavy (non-hydrogen) atoms. The number of carbonyl (C=O) groups excluding carboxylic acids is 1. The number of phenols is 4. The number of hydrogen-bond donors (Lipinski definition) is 4. The van der Waals surface area contributed by atoms with Crippen LogP contribution in [0.5, 0.6) is 23.0 Å². The molecular weight excluding hydrogens is 260 g/mol. The third kappa shape index (κ3) is 2.51. The highest BCUT2D eigenvalue weighted by molar-refractivity contribution is 6.05. The zero-order valence-electron chi connectivity index (χ0n) is 10.7. The number of Topliss-reactive ketones (excluding diaryl/α,β-unsaturated/α-hetero) is 1. The largest absolute Gasteiger partial charge is 0.508 e. The van der Waals surface area contributed by atoms with E-state index in [1.807, 2.05) is 0 Å². The van der Waals surface area contributed by atoms with Gasteiger partial charge < -0.3 is 20.4 Å². The monoisotopic (exact) mass is 274 g/mol. The second-order valence-corrected chi connectivity index (χ2v) is 4.54. The first-order chi connectivity index (χ1) is 9.40. The van der Waals surface area contributed by atoms with Crippen molar-refractivity contribution in [1.82, 2.24) is 0 Å². The summed E-state index contributed by atoms with van der Waals surface area (Å²) in [5.74, 6) is -2.28. The molecule has 0 bridgehead atoms. The van der Waals surface area contributed by atoms with Crippen molar-refractivity contribution in [3.05, 3.63) is 47.5 Å². The lowest BCUT2D eigenvalue weighted by Crippen LogP contribution is -2.10. The molecule has 0 amide bonds. The minimum atomic E-state index is -0.614. The standard InChI is InChI=1S/C15H14O5/c1-8(9-2-4-10(16)5-3-9)15(20)14-12(18)6-11(17)7-13(14)19/h2-8,16-19H,1H3. The third-order valence-electron chi connectivity index (χ3n) is 3.11. The summed E-state index contributed by atoms with van der Waals surface area (Å²) >= 11 is 0. The maximum Gasteiger partial charge on any atom is 0.177 e. The van der Waals surface area contributed by atoms with Crippen LogP contribution >= 0.6 is 0 Å². The average molecular weight is 274 g/mol. The van der Waals surface area contributed by atoms with E-state index in [-0.39, 0.29) is 17.1 Å². The molecule has 1 atom stereocenters. The Kier molecular flexibility index (Phi) is 3.52. The zero-order chi connectivity index (χ0) is 14.9. The SMILES string of the molecule is CC(C(=O)c1c(O)cc(O)cc1O)c1ccc(O)cc1. The van der Waals surface area contributed by atoms with Crippen LogP contribution in [0.4, 0.5) is 0 Å². The van der Waals surface area contributed by atoms with Crippen LogP contribution < -0.4 is 0 Å². The smallest absolute Gasteiger partial charge is 0.177 e. The van der Waals surface area contributed by atoms with Gasteiger partial charge in [-0.1, -0.05) is 19.1 Å². The lowest BCUT2D eigenvalue weighted by Gasteiger charge is -2.13. The summed E-state index contributed by atoms with van der Waals surface area (Å²) in [5, 5.41) is 37.9. The van der Waals surface area contributed by atoms with Crippen LogP contribution in [0.2, 0.25) is 0 Å². The number of benzene rings is 2. The van der Waals surface area contributed by atoms with Gasteiger partial charge in [0.2, 0.25) is 0 Å². The van der Waals surface area contributed by atoms with Gasteiger partial charge in [-0.05, 0) is 17.7 Å². The summed E-state index contributed by atoms with van der Waals surface area (Å²) in [4.78, 5) is 12.3. The topological polar surface area (TPSA) is 98.0 Å². The first kappa shape index (κ1) is 13.7. The molecular formula is C15H14O5. The van der Waals surface area contributed by atoms with Gasteiger partial charge in [0.05, 0.1) is 0 Å². The summed E-state index contributed by atoms with van der Waals surface area (Å²) in [5.41, 5.74) is 0.406. The Balaban J connectivity index is 2.39. The summed E-state index contributed by atoms with van der Waals surface area (Å²) in [7, 11) is 0. The van der Waals surface area contributed by atoms with E-state index in [0.717, 1.165) is 12.1 Å². The van der Waals surface area contributed by atoms with Crippen LogP contribution in [0, 0.1) is 0 Å². The predicted molar refractivity (Wildman–Crippen MR) is 72.3 cm³/mol. The van der Waals surface area contributed by atoms with Crippen LogP contribution in [0.1, 0.15) is 28.8 Å². The zero-order valence-corrected chi connectivity index (χ0v) is 10.7. The van der Waals surface area contributed by atoms with E-state index >= 15 is 0 Å². The summed E-state index contributed by atoms with van der Waals surface area (Å²) < 4.78 is 0. The molecule has 0 aliphatic rings. The molecule has 104 valence electrons. The predicted octanol–water partition coefficient (Wildman–Crippen LogP) is 2.50. The van der Waals surface area contributed by atoms with Crippen molar-refractivity contribution in [3.63, 3.8) is 0 Å². The second-order valence-electron chi connectivity index (χ2n) is 4.54. The van der Waals surface area contributed by atoms with Crippen molar-refractivity contribution in [3.8, 4) is 23.0 Å².